The Labute approximate surface area is 231 Å². The highest BCUT2D eigenvalue weighted by Gasteiger charge is 2.37. The smallest absolute Gasteiger partial charge is 0.248 e. The minimum Gasteiger partial charge on any atom is -0.395 e. The van der Waals surface area contributed by atoms with Crippen LogP contribution in [-0.4, -0.2) is 59.2 Å². The summed E-state index contributed by atoms with van der Waals surface area (Å²) in [5.41, 5.74) is 7.29. The zero-order chi connectivity index (χ0) is 27.7. The third-order valence-electron chi connectivity index (χ3n) is 6.96. The lowest BCUT2D eigenvalue weighted by Gasteiger charge is -2.32. The molecule has 7 nitrogen and oxygen atoms in total. The number of carbonyl (C=O) groups excluding carboxylic acids is 2. The van der Waals surface area contributed by atoms with E-state index >= 15 is 0 Å². The number of nitrogens with two attached hydrogens (primary N) is 1. The lowest BCUT2D eigenvalue weighted by molar-refractivity contribution is -0.141. The van der Waals surface area contributed by atoms with Gasteiger partial charge in [0.25, 0.3) is 0 Å². The molecule has 2 amide bonds. The highest BCUT2D eigenvalue weighted by atomic mass is 35.5. The molecule has 206 valence electrons. The van der Waals surface area contributed by atoms with Gasteiger partial charge < -0.3 is 25.8 Å². The van der Waals surface area contributed by atoms with Crippen molar-refractivity contribution in [2.24, 2.45) is 11.1 Å². The SMILES string of the molecule is CC(OCc1ccccc1)[C@H](NC(=O)[C@H](C)N)C(=O)N1CCC[C@H]1/C=C/[C@](C)(CO)Cc1cccc(Cl)c1. The van der Waals surface area contributed by atoms with Crippen LogP contribution in [0.2, 0.25) is 5.02 Å². The summed E-state index contributed by atoms with van der Waals surface area (Å²) in [4.78, 5) is 28.1. The first-order chi connectivity index (χ1) is 18.1. The zero-order valence-corrected chi connectivity index (χ0v) is 23.2. The Hall–Kier alpha value is -2.71. The van der Waals surface area contributed by atoms with Crippen LogP contribution in [0, 0.1) is 5.41 Å². The molecule has 1 saturated heterocycles. The first-order valence-corrected chi connectivity index (χ1v) is 13.6. The van der Waals surface area contributed by atoms with E-state index in [1.165, 1.54) is 0 Å². The number of halogens is 1. The van der Waals surface area contributed by atoms with Crippen LogP contribution in [0.5, 0.6) is 0 Å². The van der Waals surface area contributed by atoms with Crippen LogP contribution in [0.4, 0.5) is 0 Å². The van der Waals surface area contributed by atoms with E-state index < -0.39 is 29.5 Å². The van der Waals surface area contributed by atoms with E-state index in [1.807, 2.05) is 73.7 Å². The summed E-state index contributed by atoms with van der Waals surface area (Å²) in [6.07, 6.45) is 5.69. The molecule has 38 heavy (non-hydrogen) atoms. The molecule has 0 spiro atoms. The number of amides is 2. The first-order valence-electron chi connectivity index (χ1n) is 13.2. The highest BCUT2D eigenvalue weighted by Crippen LogP contribution is 2.28. The summed E-state index contributed by atoms with van der Waals surface area (Å²) >= 11 is 6.15. The molecular weight excluding hydrogens is 502 g/mol. The molecule has 0 aliphatic carbocycles. The number of ether oxygens (including phenoxy) is 1. The first kappa shape index (κ1) is 29.8. The van der Waals surface area contributed by atoms with Crippen molar-refractivity contribution < 1.29 is 19.4 Å². The van der Waals surface area contributed by atoms with Gasteiger partial charge in [0, 0.05) is 17.0 Å². The Morgan fingerprint density at radius 1 is 1.21 bits per heavy atom. The number of rotatable bonds is 12. The van der Waals surface area contributed by atoms with Crippen molar-refractivity contribution in [2.45, 2.75) is 70.9 Å². The second-order valence-corrected chi connectivity index (χ2v) is 10.9. The fraction of sp³-hybridized carbons (Fsp3) is 0.467. The molecule has 1 heterocycles. The monoisotopic (exact) mass is 541 g/mol. The molecule has 1 aliphatic rings. The maximum atomic E-state index is 13.8. The molecular formula is C30H40ClN3O4. The Morgan fingerprint density at radius 2 is 1.92 bits per heavy atom. The van der Waals surface area contributed by atoms with Gasteiger partial charge >= 0.3 is 0 Å². The highest BCUT2D eigenvalue weighted by molar-refractivity contribution is 6.30. The van der Waals surface area contributed by atoms with Crippen molar-refractivity contribution in [1.29, 1.82) is 0 Å². The normalized spacial score (nSPS) is 19.6. The quantitative estimate of drug-likeness (QED) is 0.354. The van der Waals surface area contributed by atoms with Gasteiger partial charge in [-0.3, -0.25) is 9.59 Å². The van der Waals surface area contributed by atoms with Gasteiger partial charge in [0.1, 0.15) is 6.04 Å². The predicted molar refractivity (Wildman–Crippen MR) is 150 cm³/mol. The molecule has 1 unspecified atom stereocenters. The van der Waals surface area contributed by atoms with E-state index in [-0.39, 0.29) is 18.6 Å². The number of benzene rings is 2. The zero-order valence-electron chi connectivity index (χ0n) is 22.5. The van der Waals surface area contributed by atoms with Crippen molar-refractivity contribution in [1.82, 2.24) is 10.2 Å². The van der Waals surface area contributed by atoms with Crippen LogP contribution in [0.1, 0.15) is 44.7 Å². The predicted octanol–water partition coefficient (Wildman–Crippen LogP) is 3.87. The summed E-state index contributed by atoms with van der Waals surface area (Å²) < 4.78 is 6.03. The number of hydrogen-bond acceptors (Lipinski definition) is 5. The van der Waals surface area contributed by atoms with Crippen molar-refractivity contribution in [3.8, 4) is 0 Å². The summed E-state index contributed by atoms with van der Waals surface area (Å²) in [5.74, 6) is -0.605. The average molecular weight is 542 g/mol. The van der Waals surface area contributed by atoms with Crippen LogP contribution in [0.15, 0.2) is 66.7 Å². The Bertz CT molecular complexity index is 1090. The molecule has 1 aliphatic heterocycles. The fourth-order valence-electron chi connectivity index (χ4n) is 4.63. The second kappa shape index (κ2) is 13.9. The number of nitrogens with one attached hydrogen (secondary N) is 1. The van der Waals surface area contributed by atoms with Gasteiger partial charge in [-0.2, -0.15) is 0 Å². The lowest BCUT2D eigenvalue weighted by atomic mass is 9.83. The number of aliphatic hydroxyl groups is 1. The van der Waals surface area contributed by atoms with E-state index in [1.54, 1.807) is 18.7 Å². The minimum atomic E-state index is -0.873. The summed E-state index contributed by atoms with van der Waals surface area (Å²) in [7, 11) is 0. The molecule has 1 fully saturated rings. The molecule has 2 aromatic carbocycles. The molecule has 3 rings (SSSR count). The lowest BCUT2D eigenvalue weighted by Crippen LogP contribution is -2.57. The minimum absolute atomic E-state index is 0.0475. The standard InChI is InChI=1S/C30H40ClN3O4/c1-21(32)28(36)33-27(22(2)38-19-23-9-5-4-6-10-23)29(37)34-16-8-13-26(34)14-15-30(3,20-35)18-24-11-7-12-25(31)17-24/h4-7,9-12,14-15,17,21-22,26-27,35H,8,13,16,18-20,32H2,1-3H3,(H,33,36)/b15-14+/t21-,22?,26-,27-,30-/m0/s1. The molecule has 2 aromatic rings. The number of hydrogen-bond donors (Lipinski definition) is 3. The van der Waals surface area contributed by atoms with E-state index in [0.29, 0.717) is 24.6 Å². The van der Waals surface area contributed by atoms with Crippen LogP contribution < -0.4 is 11.1 Å². The summed E-state index contributed by atoms with van der Waals surface area (Å²) in [6.45, 7) is 6.21. The molecule has 8 heteroatoms. The van der Waals surface area contributed by atoms with Gasteiger partial charge in [0.2, 0.25) is 11.8 Å². The van der Waals surface area contributed by atoms with Crippen LogP contribution in [0.25, 0.3) is 0 Å². The largest absolute Gasteiger partial charge is 0.395 e. The van der Waals surface area contributed by atoms with Gasteiger partial charge in [-0.15, -0.1) is 0 Å². The van der Waals surface area contributed by atoms with Crippen molar-refractivity contribution in [3.05, 3.63) is 82.9 Å². The third kappa shape index (κ3) is 8.40. The van der Waals surface area contributed by atoms with Crippen molar-refractivity contribution in [2.75, 3.05) is 13.2 Å². The van der Waals surface area contributed by atoms with Gasteiger partial charge in [0.05, 0.1) is 31.4 Å². The van der Waals surface area contributed by atoms with Crippen molar-refractivity contribution >= 4 is 23.4 Å². The summed E-state index contributed by atoms with van der Waals surface area (Å²) in [5, 5.41) is 13.7. The molecule has 0 aromatic heterocycles. The maximum absolute atomic E-state index is 13.8. The van der Waals surface area contributed by atoms with Crippen molar-refractivity contribution in [3.63, 3.8) is 0 Å². The number of aliphatic hydroxyl groups excluding tert-OH is 1. The third-order valence-corrected chi connectivity index (χ3v) is 7.20. The Kier molecular flexibility index (Phi) is 10.9. The van der Waals surface area contributed by atoms with Gasteiger partial charge in [-0.1, -0.05) is 73.1 Å². The number of nitrogens with zero attached hydrogens (tertiary/aromatic N) is 1. The Morgan fingerprint density at radius 3 is 2.58 bits per heavy atom. The molecule has 5 atom stereocenters. The van der Waals surface area contributed by atoms with Crippen LogP contribution in [-0.2, 0) is 27.4 Å². The number of carbonyl (C=O) groups is 2. The van der Waals surface area contributed by atoms with E-state index in [2.05, 4.69) is 5.32 Å². The van der Waals surface area contributed by atoms with Crippen LogP contribution in [0.3, 0.4) is 0 Å². The second-order valence-electron chi connectivity index (χ2n) is 10.5. The summed E-state index contributed by atoms with van der Waals surface area (Å²) in [6, 6.07) is 15.5. The van der Waals surface area contributed by atoms with Gasteiger partial charge in [0.15, 0.2) is 0 Å². The molecule has 0 saturated carbocycles. The van der Waals surface area contributed by atoms with E-state index in [0.717, 1.165) is 24.0 Å². The topological polar surface area (TPSA) is 105 Å². The van der Waals surface area contributed by atoms with Gasteiger partial charge in [-0.25, -0.2) is 0 Å². The molecule has 4 N–H and O–H groups in total. The molecule has 0 radical (unpaired) electrons. The van der Waals surface area contributed by atoms with Gasteiger partial charge in [-0.05, 0) is 56.4 Å². The maximum Gasteiger partial charge on any atom is 0.248 e. The van der Waals surface area contributed by atoms with Crippen LogP contribution >= 0.6 is 11.6 Å². The average Bonchev–Trinajstić information content (AvgIpc) is 3.38. The van der Waals surface area contributed by atoms with E-state index in [9.17, 15) is 14.7 Å². The number of likely N-dealkylation sites (tertiary alicyclic amines) is 1. The Balaban J connectivity index is 1.74. The molecule has 0 bridgehead atoms. The van der Waals surface area contributed by atoms with E-state index in [4.69, 9.17) is 22.1 Å². The fourth-order valence-corrected chi connectivity index (χ4v) is 4.84.